The van der Waals surface area contributed by atoms with Gasteiger partial charge in [-0.1, -0.05) is 13.0 Å². The molecule has 3 nitrogen and oxygen atoms in total. The number of hydrogen-bond donors (Lipinski definition) is 1. The van der Waals surface area contributed by atoms with E-state index in [1.54, 1.807) is 0 Å². The van der Waals surface area contributed by atoms with E-state index in [1.807, 2.05) is 17.8 Å². The average molecular weight is 244 g/mol. The molecule has 4 heteroatoms. The van der Waals surface area contributed by atoms with Crippen LogP contribution in [0.2, 0.25) is 0 Å². The summed E-state index contributed by atoms with van der Waals surface area (Å²) in [5.41, 5.74) is 0. The first-order chi connectivity index (χ1) is 7.86. The van der Waals surface area contributed by atoms with Gasteiger partial charge in [0.25, 0.3) is 0 Å². The smallest absolute Gasteiger partial charge is 0.0826 e. The highest BCUT2D eigenvalue weighted by Crippen LogP contribution is 2.03. The van der Waals surface area contributed by atoms with Crippen molar-refractivity contribution in [2.24, 2.45) is 0 Å². The van der Waals surface area contributed by atoms with Crippen LogP contribution in [0, 0.1) is 0 Å². The van der Waals surface area contributed by atoms with Gasteiger partial charge in [0.2, 0.25) is 0 Å². The number of likely N-dealkylation sites (N-methyl/N-ethyl adjacent to an activating group) is 1. The fourth-order valence-corrected chi connectivity index (χ4v) is 2.39. The largest absolute Gasteiger partial charge is 0.374 e. The lowest BCUT2D eigenvalue weighted by atomic mass is 10.2. The van der Waals surface area contributed by atoms with Gasteiger partial charge < -0.3 is 10.1 Å². The monoisotopic (exact) mass is 244 g/mol. The molecule has 1 unspecified atom stereocenters. The van der Waals surface area contributed by atoms with Gasteiger partial charge in [0, 0.05) is 37.7 Å². The van der Waals surface area contributed by atoms with Crippen molar-refractivity contribution in [3.8, 4) is 0 Å². The van der Waals surface area contributed by atoms with Gasteiger partial charge in [-0.3, -0.25) is 4.90 Å². The first kappa shape index (κ1) is 14.0. The van der Waals surface area contributed by atoms with Gasteiger partial charge in [0.1, 0.15) is 0 Å². The first-order valence-electron chi connectivity index (χ1n) is 6.10. The summed E-state index contributed by atoms with van der Waals surface area (Å²) in [5.74, 6) is 2.20. The van der Waals surface area contributed by atoms with Gasteiger partial charge in [-0.15, -0.1) is 6.58 Å². The molecule has 0 amide bonds. The SMILES string of the molecule is C=CCSCCNCC1CN(CC)CCO1. The van der Waals surface area contributed by atoms with Gasteiger partial charge in [-0.05, 0) is 6.54 Å². The van der Waals surface area contributed by atoms with E-state index >= 15 is 0 Å². The minimum Gasteiger partial charge on any atom is -0.374 e. The van der Waals surface area contributed by atoms with Crippen LogP contribution < -0.4 is 5.32 Å². The molecule has 0 saturated carbocycles. The average Bonchev–Trinajstić information content (AvgIpc) is 2.34. The molecule has 0 aromatic heterocycles. The zero-order chi connectivity index (χ0) is 11.6. The molecule has 0 bridgehead atoms. The van der Waals surface area contributed by atoms with Crippen molar-refractivity contribution in [3.63, 3.8) is 0 Å². The van der Waals surface area contributed by atoms with Gasteiger partial charge >= 0.3 is 0 Å². The van der Waals surface area contributed by atoms with Crippen LogP contribution in [-0.4, -0.2) is 61.8 Å². The normalized spacial score (nSPS) is 22.2. The molecule has 1 heterocycles. The van der Waals surface area contributed by atoms with E-state index in [2.05, 4.69) is 23.7 Å². The van der Waals surface area contributed by atoms with Crippen molar-refractivity contribution in [2.75, 3.05) is 50.8 Å². The Balaban J connectivity index is 1.97. The van der Waals surface area contributed by atoms with E-state index in [0.29, 0.717) is 6.10 Å². The Morgan fingerprint density at radius 3 is 3.25 bits per heavy atom. The molecule has 1 fully saturated rings. The molecular weight excluding hydrogens is 220 g/mol. The summed E-state index contributed by atoms with van der Waals surface area (Å²) < 4.78 is 5.71. The topological polar surface area (TPSA) is 24.5 Å². The molecular formula is C12H24N2OS. The highest BCUT2D eigenvalue weighted by Gasteiger charge is 2.18. The van der Waals surface area contributed by atoms with Crippen molar-refractivity contribution < 1.29 is 4.74 Å². The van der Waals surface area contributed by atoms with E-state index in [-0.39, 0.29) is 0 Å². The maximum absolute atomic E-state index is 5.71. The molecule has 94 valence electrons. The van der Waals surface area contributed by atoms with E-state index < -0.39 is 0 Å². The van der Waals surface area contributed by atoms with Crippen molar-refractivity contribution in [2.45, 2.75) is 13.0 Å². The molecule has 0 spiro atoms. The minimum atomic E-state index is 0.373. The summed E-state index contributed by atoms with van der Waals surface area (Å²) in [7, 11) is 0. The second-order valence-electron chi connectivity index (χ2n) is 3.95. The molecule has 1 aliphatic rings. The summed E-state index contributed by atoms with van der Waals surface area (Å²) in [6.07, 6.45) is 2.33. The summed E-state index contributed by atoms with van der Waals surface area (Å²) >= 11 is 1.91. The quantitative estimate of drug-likeness (QED) is 0.512. The van der Waals surface area contributed by atoms with Gasteiger partial charge in [0.15, 0.2) is 0 Å². The van der Waals surface area contributed by atoms with Crippen molar-refractivity contribution >= 4 is 11.8 Å². The van der Waals surface area contributed by atoms with E-state index in [1.165, 1.54) is 0 Å². The maximum Gasteiger partial charge on any atom is 0.0826 e. The van der Waals surface area contributed by atoms with E-state index in [0.717, 1.165) is 50.8 Å². The Bertz CT molecular complexity index is 190. The lowest BCUT2D eigenvalue weighted by Gasteiger charge is -2.32. The number of thioether (sulfide) groups is 1. The summed E-state index contributed by atoms with van der Waals surface area (Å²) in [5, 5.41) is 3.45. The number of nitrogens with one attached hydrogen (secondary N) is 1. The molecule has 16 heavy (non-hydrogen) atoms. The first-order valence-corrected chi connectivity index (χ1v) is 7.25. The van der Waals surface area contributed by atoms with Crippen LogP contribution in [0.1, 0.15) is 6.92 Å². The maximum atomic E-state index is 5.71. The molecule has 0 aromatic rings. The van der Waals surface area contributed by atoms with Crippen LogP contribution in [0.25, 0.3) is 0 Å². The second kappa shape index (κ2) is 9.05. The van der Waals surface area contributed by atoms with Gasteiger partial charge in [0.05, 0.1) is 12.7 Å². The zero-order valence-corrected chi connectivity index (χ0v) is 11.1. The molecule has 1 atom stereocenters. The Morgan fingerprint density at radius 2 is 2.50 bits per heavy atom. The van der Waals surface area contributed by atoms with Crippen LogP contribution in [0.3, 0.4) is 0 Å². The predicted octanol–water partition coefficient (Wildman–Crippen LogP) is 1.22. The Kier molecular flexibility index (Phi) is 7.93. The number of morpholine rings is 1. The highest BCUT2D eigenvalue weighted by atomic mass is 32.2. The molecule has 0 aromatic carbocycles. The van der Waals surface area contributed by atoms with Crippen LogP contribution in [0.5, 0.6) is 0 Å². The lowest BCUT2D eigenvalue weighted by molar-refractivity contribution is -0.0249. The Labute approximate surface area is 104 Å². The molecule has 0 radical (unpaired) electrons. The van der Waals surface area contributed by atoms with Gasteiger partial charge in [-0.25, -0.2) is 0 Å². The van der Waals surface area contributed by atoms with E-state index in [9.17, 15) is 0 Å². The standard InChI is InChI=1S/C12H24N2OS/c1-3-8-16-9-5-13-10-12-11-14(4-2)6-7-15-12/h3,12-13H,1,4-11H2,2H3. The molecule has 1 saturated heterocycles. The highest BCUT2D eigenvalue weighted by molar-refractivity contribution is 7.99. The number of rotatable bonds is 8. The van der Waals surface area contributed by atoms with E-state index in [4.69, 9.17) is 4.74 Å². The van der Waals surface area contributed by atoms with Crippen LogP contribution in [0.4, 0.5) is 0 Å². The number of ether oxygens (including phenoxy) is 1. The molecule has 1 rings (SSSR count). The minimum absolute atomic E-state index is 0.373. The van der Waals surface area contributed by atoms with Crippen molar-refractivity contribution in [3.05, 3.63) is 12.7 Å². The molecule has 0 aliphatic carbocycles. The lowest BCUT2D eigenvalue weighted by Crippen LogP contribution is -2.46. The summed E-state index contributed by atoms with van der Waals surface area (Å²) in [6.45, 7) is 12.1. The summed E-state index contributed by atoms with van der Waals surface area (Å²) in [6, 6.07) is 0. The Hall–Kier alpha value is -0.0300. The van der Waals surface area contributed by atoms with Gasteiger partial charge in [-0.2, -0.15) is 11.8 Å². The molecule has 1 aliphatic heterocycles. The van der Waals surface area contributed by atoms with Crippen LogP contribution >= 0.6 is 11.8 Å². The van der Waals surface area contributed by atoms with Crippen molar-refractivity contribution in [1.82, 2.24) is 10.2 Å². The third kappa shape index (κ3) is 5.89. The third-order valence-electron chi connectivity index (χ3n) is 2.70. The van der Waals surface area contributed by atoms with Crippen LogP contribution in [-0.2, 0) is 4.74 Å². The fraction of sp³-hybridized carbons (Fsp3) is 0.833. The number of nitrogens with zero attached hydrogens (tertiary/aromatic N) is 1. The van der Waals surface area contributed by atoms with Crippen LogP contribution in [0.15, 0.2) is 12.7 Å². The molecule has 1 N–H and O–H groups in total. The fourth-order valence-electron chi connectivity index (χ4n) is 1.77. The Morgan fingerprint density at radius 1 is 1.62 bits per heavy atom. The second-order valence-corrected chi connectivity index (χ2v) is 5.10. The number of hydrogen-bond acceptors (Lipinski definition) is 4. The third-order valence-corrected chi connectivity index (χ3v) is 3.67. The predicted molar refractivity (Wildman–Crippen MR) is 72.2 cm³/mol. The van der Waals surface area contributed by atoms with Crippen molar-refractivity contribution in [1.29, 1.82) is 0 Å². The summed E-state index contributed by atoms with van der Waals surface area (Å²) in [4.78, 5) is 2.45. The zero-order valence-electron chi connectivity index (χ0n) is 10.3.